The molecule has 2 N–H and O–H groups in total. The van der Waals surface area contributed by atoms with Gasteiger partial charge in [0.1, 0.15) is 0 Å². The fourth-order valence-electron chi connectivity index (χ4n) is 1.89. The van der Waals surface area contributed by atoms with E-state index in [2.05, 4.69) is 20.7 Å². The Morgan fingerprint density at radius 3 is 2.68 bits per heavy atom. The summed E-state index contributed by atoms with van der Waals surface area (Å²) in [4.78, 5) is 10.9. The molecular formula is C12H14BrNO4S. The van der Waals surface area contributed by atoms with Crippen LogP contribution in [0.4, 0.5) is 0 Å². The van der Waals surface area contributed by atoms with Crippen molar-refractivity contribution >= 4 is 31.9 Å². The van der Waals surface area contributed by atoms with Gasteiger partial charge in [-0.3, -0.25) is 4.79 Å². The van der Waals surface area contributed by atoms with Gasteiger partial charge in [0.15, 0.2) is 0 Å². The quantitative estimate of drug-likeness (QED) is 0.824. The van der Waals surface area contributed by atoms with Crippen molar-refractivity contribution in [2.45, 2.75) is 30.2 Å². The van der Waals surface area contributed by atoms with Gasteiger partial charge in [-0.15, -0.1) is 0 Å². The van der Waals surface area contributed by atoms with E-state index >= 15 is 0 Å². The lowest BCUT2D eigenvalue weighted by atomic mass is 10.1. The fraction of sp³-hybridized carbons (Fsp3) is 0.417. The molecule has 1 saturated carbocycles. The molecule has 1 unspecified atom stereocenters. The highest BCUT2D eigenvalue weighted by Crippen LogP contribution is 2.34. The molecule has 1 fully saturated rings. The molecule has 19 heavy (non-hydrogen) atoms. The molecule has 0 amide bonds. The number of hydrogen-bond acceptors (Lipinski definition) is 3. The van der Waals surface area contributed by atoms with Gasteiger partial charge in [-0.05, 0) is 37.0 Å². The Kier molecular flexibility index (Phi) is 4.27. The van der Waals surface area contributed by atoms with E-state index in [9.17, 15) is 13.2 Å². The first-order valence-corrected chi connectivity index (χ1v) is 8.16. The monoisotopic (exact) mass is 347 g/mol. The van der Waals surface area contributed by atoms with Crippen molar-refractivity contribution in [2.75, 3.05) is 0 Å². The molecule has 0 heterocycles. The van der Waals surface area contributed by atoms with Crippen molar-refractivity contribution in [3.8, 4) is 0 Å². The summed E-state index contributed by atoms with van der Waals surface area (Å²) >= 11 is 3.22. The van der Waals surface area contributed by atoms with E-state index in [-0.39, 0.29) is 17.2 Å². The normalized spacial score (nSPS) is 17.1. The molecule has 1 atom stereocenters. The van der Waals surface area contributed by atoms with Crippen LogP contribution in [0.3, 0.4) is 0 Å². The van der Waals surface area contributed by atoms with Crippen molar-refractivity contribution in [1.82, 2.24) is 4.72 Å². The predicted molar refractivity (Wildman–Crippen MR) is 73.2 cm³/mol. The second kappa shape index (κ2) is 5.60. The second-order valence-electron chi connectivity index (χ2n) is 4.62. The fourth-order valence-corrected chi connectivity index (χ4v) is 3.79. The lowest BCUT2D eigenvalue weighted by Crippen LogP contribution is -2.38. The summed E-state index contributed by atoms with van der Waals surface area (Å²) in [6, 6.07) is 5.81. The van der Waals surface area contributed by atoms with Gasteiger partial charge < -0.3 is 5.11 Å². The number of rotatable bonds is 6. The molecule has 0 spiro atoms. The van der Waals surface area contributed by atoms with Gasteiger partial charge in [0.25, 0.3) is 0 Å². The minimum Gasteiger partial charge on any atom is -0.481 e. The van der Waals surface area contributed by atoms with E-state index in [1.165, 1.54) is 12.1 Å². The van der Waals surface area contributed by atoms with Crippen LogP contribution in [0.5, 0.6) is 0 Å². The van der Waals surface area contributed by atoms with E-state index < -0.39 is 22.0 Å². The molecule has 104 valence electrons. The molecule has 0 radical (unpaired) electrons. The Bertz CT molecular complexity index is 583. The number of hydrogen-bond donors (Lipinski definition) is 2. The summed E-state index contributed by atoms with van der Waals surface area (Å²) in [7, 11) is -3.68. The third-order valence-electron chi connectivity index (χ3n) is 3.00. The van der Waals surface area contributed by atoms with Crippen molar-refractivity contribution in [3.05, 3.63) is 28.7 Å². The highest BCUT2D eigenvalue weighted by atomic mass is 79.9. The molecule has 0 bridgehead atoms. The number of carbonyl (C=O) groups is 1. The number of sulfonamides is 1. The van der Waals surface area contributed by atoms with Gasteiger partial charge in [-0.2, -0.15) is 0 Å². The van der Waals surface area contributed by atoms with E-state index in [1.54, 1.807) is 12.1 Å². The van der Waals surface area contributed by atoms with Crippen LogP contribution in [0.2, 0.25) is 0 Å². The standard InChI is InChI=1S/C12H14BrNO4S/c13-9-2-1-3-10(6-9)19(17,18)14-11(7-12(15)16)8-4-5-8/h1-3,6,8,11,14H,4-5,7H2,(H,15,16). The lowest BCUT2D eigenvalue weighted by molar-refractivity contribution is -0.137. The van der Waals surface area contributed by atoms with E-state index in [4.69, 9.17) is 5.11 Å². The second-order valence-corrected chi connectivity index (χ2v) is 7.25. The van der Waals surface area contributed by atoms with Crippen LogP contribution < -0.4 is 4.72 Å². The number of benzene rings is 1. The van der Waals surface area contributed by atoms with E-state index in [0.29, 0.717) is 4.47 Å². The molecular weight excluding hydrogens is 334 g/mol. The number of nitrogens with one attached hydrogen (secondary N) is 1. The van der Waals surface area contributed by atoms with Crippen LogP contribution in [0.25, 0.3) is 0 Å². The summed E-state index contributed by atoms with van der Waals surface area (Å²) < 4.78 is 27.5. The zero-order valence-electron chi connectivity index (χ0n) is 10.0. The summed E-state index contributed by atoms with van der Waals surface area (Å²) in [5, 5.41) is 8.83. The van der Waals surface area contributed by atoms with Gasteiger partial charge in [0, 0.05) is 10.5 Å². The molecule has 1 aromatic rings. The molecule has 5 nitrogen and oxygen atoms in total. The third-order valence-corrected chi connectivity index (χ3v) is 4.98. The number of carboxylic acids is 1. The molecule has 1 aromatic carbocycles. The summed E-state index contributed by atoms with van der Waals surface area (Å²) in [6.07, 6.45) is 1.57. The van der Waals surface area contributed by atoms with E-state index in [1.807, 2.05) is 0 Å². The molecule has 0 aromatic heterocycles. The Balaban J connectivity index is 2.17. The van der Waals surface area contributed by atoms with Crippen LogP contribution in [-0.2, 0) is 14.8 Å². The smallest absolute Gasteiger partial charge is 0.304 e. The van der Waals surface area contributed by atoms with E-state index in [0.717, 1.165) is 12.8 Å². The number of carboxylic acid groups (broad SMARTS) is 1. The summed E-state index contributed by atoms with van der Waals surface area (Å²) in [5.41, 5.74) is 0. The Morgan fingerprint density at radius 1 is 1.47 bits per heavy atom. The largest absolute Gasteiger partial charge is 0.481 e. The maximum Gasteiger partial charge on any atom is 0.304 e. The number of aliphatic carboxylic acids is 1. The maximum atomic E-state index is 12.2. The average Bonchev–Trinajstić information content (AvgIpc) is 3.11. The first kappa shape index (κ1) is 14.5. The first-order valence-electron chi connectivity index (χ1n) is 5.88. The lowest BCUT2D eigenvalue weighted by Gasteiger charge is -2.16. The van der Waals surface area contributed by atoms with Crippen LogP contribution in [0.1, 0.15) is 19.3 Å². The molecule has 1 aliphatic rings. The third kappa shape index (κ3) is 4.02. The molecule has 7 heteroatoms. The van der Waals surface area contributed by atoms with Crippen LogP contribution in [-0.4, -0.2) is 25.5 Å². The molecule has 0 saturated heterocycles. The highest BCUT2D eigenvalue weighted by molar-refractivity contribution is 9.10. The maximum absolute atomic E-state index is 12.2. The van der Waals surface area contributed by atoms with Crippen molar-refractivity contribution in [3.63, 3.8) is 0 Å². The van der Waals surface area contributed by atoms with Gasteiger partial charge in [-0.1, -0.05) is 22.0 Å². The Labute approximate surface area is 120 Å². The number of halogens is 1. The summed E-state index contributed by atoms with van der Waals surface area (Å²) in [5.74, 6) is -0.855. The van der Waals surface area contributed by atoms with Gasteiger partial charge in [-0.25, -0.2) is 13.1 Å². The minimum atomic E-state index is -3.68. The molecule has 1 aliphatic carbocycles. The van der Waals surface area contributed by atoms with Crippen LogP contribution in [0.15, 0.2) is 33.6 Å². The zero-order valence-corrected chi connectivity index (χ0v) is 12.4. The van der Waals surface area contributed by atoms with Crippen molar-refractivity contribution in [1.29, 1.82) is 0 Å². The van der Waals surface area contributed by atoms with Gasteiger partial charge in [0.05, 0.1) is 11.3 Å². The van der Waals surface area contributed by atoms with Crippen LogP contribution >= 0.6 is 15.9 Å². The highest BCUT2D eigenvalue weighted by Gasteiger charge is 2.35. The Morgan fingerprint density at radius 2 is 2.16 bits per heavy atom. The molecule has 0 aliphatic heterocycles. The molecule has 2 rings (SSSR count). The SMILES string of the molecule is O=C(O)CC(NS(=O)(=O)c1cccc(Br)c1)C1CC1. The van der Waals surface area contributed by atoms with Crippen molar-refractivity contribution < 1.29 is 18.3 Å². The predicted octanol–water partition coefficient (Wildman–Crippen LogP) is 1.98. The van der Waals surface area contributed by atoms with Gasteiger partial charge >= 0.3 is 5.97 Å². The minimum absolute atomic E-state index is 0.137. The Hall–Kier alpha value is -0.920. The average molecular weight is 348 g/mol. The zero-order chi connectivity index (χ0) is 14.0. The van der Waals surface area contributed by atoms with Crippen molar-refractivity contribution in [2.24, 2.45) is 5.92 Å². The topological polar surface area (TPSA) is 83.5 Å². The summed E-state index contributed by atoms with van der Waals surface area (Å²) in [6.45, 7) is 0. The van der Waals surface area contributed by atoms with Gasteiger partial charge in [0.2, 0.25) is 10.0 Å². The van der Waals surface area contributed by atoms with Crippen LogP contribution in [0, 0.1) is 5.92 Å². The first-order chi connectivity index (χ1) is 8.88.